The van der Waals surface area contributed by atoms with Gasteiger partial charge < -0.3 is 0 Å². The molecule has 0 amide bonds. The maximum absolute atomic E-state index is 2.30. The number of hydrogen-bond acceptors (Lipinski definition) is 2. The van der Waals surface area contributed by atoms with Gasteiger partial charge in [-0.15, -0.1) is 23.5 Å². The summed E-state index contributed by atoms with van der Waals surface area (Å²) in [5.74, 6) is 2.85. The van der Waals surface area contributed by atoms with Crippen LogP contribution in [0.5, 0.6) is 0 Å². The molecule has 1 heterocycles. The first-order chi connectivity index (χ1) is 6.91. The molecule has 0 aromatic rings. The molecule has 1 aliphatic heterocycles. The van der Waals surface area contributed by atoms with Crippen molar-refractivity contribution in [1.82, 2.24) is 0 Å². The Bertz CT molecular complexity index is 150. The fourth-order valence-electron chi connectivity index (χ4n) is 2.49. The smallest absolute Gasteiger partial charge is 0.0611 e. The zero-order chi connectivity index (χ0) is 9.69. The quantitative estimate of drug-likeness (QED) is 0.592. The van der Waals surface area contributed by atoms with Crippen LogP contribution in [0.3, 0.4) is 0 Å². The molecule has 2 rings (SSSR count). The third-order valence-electron chi connectivity index (χ3n) is 3.38. The van der Waals surface area contributed by atoms with E-state index < -0.39 is 0 Å². The Morgan fingerprint density at radius 3 is 1.64 bits per heavy atom. The van der Waals surface area contributed by atoms with Crippen LogP contribution in [0.2, 0.25) is 0 Å². The lowest BCUT2D eigenvalue weighted by atomic mass is 10.00. The van der Waals surface area contributed by atoms with Gasteiger partial charge in [-0.05, 0) is 37.2 Å². The maximum atomic E-state index is 2.30. The summed E-state index contributed by atoms with van der Waals surface area (Å²) < 4.78 is 0.655. The summed E-state index contributed by atoms with van der Waals surface area (Å²) in [6.45, 7) is 0. The zero-order valence-electron chi connectivity index (χ0n) is 9.09. The molecule has 0 aromatic carbocycles. The highest BCUT2D eigenvalue weighted by Gasteiger charge is 2.32. The topological polar surface area (TPSA) is 0 Å². The highest BCUT2D eigenvalue weighted by atomic mass is 32.2. The molecule has 14 heavy (non-hydrogen) atoms. The van der Waals surface area contributed by atoms with Crippen molar-refractivity contribution in [3.8, 4) is 0 Å². The van der Waals surface area contributed by atoms with Crippen LogP contribution >= 0.6 is 23.5 Å². The average molecular weight is 230 g/mol. The third kappa shape index (κ3) is 3.10. The molecule has 0 atom stereocenters. The van der Waals surface area contributed by atoms with Crippen LogP contribution in [0.4, 0.5) is 0 Å². The number of rotatable bonds is 0. The van der Waals surface area contributed by atoms with Gasteiger partial charge in [-0.3, -0.25) is 0 Å². The fourth-order valence-corrected chi connectivity index (χ4v) is 5.92. The molecule has 2 heteroatoms. The largest absolute Gasteiger partial charge is 0.144 e. The van der Waals surface area contributed by atoms with Crippen molar-refractivity contribution in [2.45, 2.75) is 61.9 Å². The number of hydrogen-bond donors (Lipinski definition) is 0. The van der Waals surface area contributed by atoms with E-state index in [9.17, 15) is 0 Å². The Morgan fingerprint density at radius 1 is 0.571 bits per heavy atom. The van der Waals surface area contributed by atoms with Crippen LogP contribution in [0, 0.1) is 0 Å². The molecule has 1 spiro atoms. The molecule has 0 unspecified atom stereocenters. The van der Waals surface area contributed by atoms with Crippen molar-refractivity contribution < 1.29 is 0 Å². The minimum atomic E-state index is 0.655. The SMILES string of the molecule is C1CCCSC2(CCCCC2)SCC1. The standard InChI is InChI=1S/C12H22S2/c1-2-7-11-14-12(13-10-6-1)8-4-3-5-9-12/h1-11H2. The molecule has 0 aromatic heterocycles. The van der Waals surface area contributed by atoms with Crippen LogP contribution in [0.15, 0.2) is 0 Å². The van der Waals surface area contributed by atoms with Crippen molar-refractivity contribution in [1.29, 1.82) is 0 Å². The molecule has 2 aliphatic rings. The Labute approximate surface area is 97.0 Å². The average Bonchev–Trinajstić information content (AvgIpc) is 2.33. The van der Waals surface area contributed by atoms with Crippen LogP contribution in [0.25, 0.3) is 0 Å². The second-order valence-corrected chi connectivity index (χ2v) is 7.80. The van der Waals surface area contributed by atoms with Gasteiger partial charge in [0.1, 0.15) is 0 Å². The Kier molecular flexibility index (Phi) is 4.55. The van der Waals surface area contributed by atoms with Gasteiger partial charge in [-0.1, -0.05) is 32.1 Å². The van der Waals surface area contributed by atoms with Gasteiger partial charge in [0.15, 0.2) is 0 Å². The van der Waals surface area contributed by atoms with E-state index in [1.807, 2.05) is 0 Å². The van der Waals surface area contributed by atoms with Crippen LogP contribution in [-0.4, -0.2) is 15.6 Å². The van der Waals surface area contributed by atoms with Crippen molar-refractivity contribution in [2.24, 2.45) is 0 Å². The lowest BCUT2D eigenvalue weighted by molar-refractivity contribution is 0.490. The van der Waals surface area contributed by atoms with Crippen molar-refractivity contribution in [3.05, 3.63) is 0 Å². The molecule has 2 fully saturated rings. The summed E-state index contributed by atoms with van der Waals surface area (Å²) in [4.78, 5) is 0. The van der Waals surface area contributed by atoms with E-state index in [0.717, 1.165) is 0 Å². The van der Waals surface area contributed by atoms with Gasteiger partial charge in [0.2, 0.25) is 0 Å². The maximum Gasteiger partial charge on any atom is 0.0611 e. The van der Waals surface area contributed by atoms with Crippen molar-refractivity contribution in [3.63, 3.8) is 0 Å². The Hall–Kier alpha value is 0.700. The fraction of sp³-hybridized carbons (Fsp3) is 1.00. The van der Waals surface area contributed by atoms with Crippen LogP contribution < -0.4 is 0 Å². The molecule has 1 saturated carbocycles. The van der Waals surface area contributed by atoms with E-state index in [4.69, 9.17) is 0 Å². The highest BCUT2D eigenvalue weighted by Crippen LogP contribution is 2.49. The summed E-state index contributed by atoms with van der Waals surface area (Å²) in [5, 5.41) is 0. The number of thioether (sulfide) groups is 2. The van der Waals surface area contributed by atoms with Crippen molar-refractivity contribution in [2.75, 3.05) is 11.5 Å². The summed E-state index contributed by atoms with van der Waals surface area (Å²) in [7, 11) is 0. The molecule has 0 nitrogen and oxygen atoms in total. The Balaban J connectivity index is 1.91. The van der Waals surface area contributed by atoms with E-state index in [1.165, 1.54) is 69.3 Å². The monoisotopic (exact) mass is 230 g/mol. The zero-order valence-corrected chi connectivity index (χ0v) is 10.7. The van der Waals surface area contributed by atoms with Gasteiger partial charge >= 0.3 is 0 Å². The normalized spacial score (nSPS) is 29.1. The minimum absolute atomic E-state index is 0.655. The van der Waals surface area contributed by atoms with Crippen LogP contribution in [-0.2, 0) is 0 Å². The predicted octanol–water partition coefficient (Wildman–Crippen LogP) is 4.69. The second kappa shape index (κ2) is 5.69. The van der Waals surface area contributed by atoms with Crippen molar-refractivity contribution >= 4 is 23.5 Å². The lowest BCUT2D eigenvalue weighted by Gasteiger charge is -2.36. The summed E-state index contributed by atoms with van der Waals surface area (Å²) in [6.07, 6.45) is 13.3. The molecular formula is C12H22S2. The molecule has 1 aliphatic carbocycles. The predicted molar refractivity (Wildman–Crippen MR) is 69.2 cm³/mol. The first kappa shape index (κ1) is 11.2. The molecular weight excluding hydrogens is 208 g/mol. The van der Waals surface area contributed by atoms with E-state index in [0.29, 0.717) is 4.08 Å². The molecule has 1 saturated heterocycles. The van der Waals surface area contributed by atoms with E-state index >= 15 is 0 Å². The molecule has 0 radical (unpaired) electrons. The minimum Gasteiger partial charge on any atom is -0.144 e. The molecule has 0 N–H and O–H groups in total. The third-order valence-corrected chi connectivity index (χ3v) is 6.95. The van der Waals surface area contributed by atoms with Gasteiger partial charge in [-0.25, -0.2) is 0 Å². The van der Waals surface area contributed by atoms with Gasteiger partial charge in [0.25, 0.3) is 0 Å². The van der Waals surface area contributed by atoms with E-state index in [2.05, 4.69) is 23.5 Å². The lowest BCUT2D eigenvalue weighted by Crippen LogP contribution is -2.24. The van der Waals surface area contributed by atoms with Gasteiger partial charge in [0, 0.05) is 0 Å². The second-order valence-electron chi connectivity index (χ2n) is 4.58. The summed E-state index contributed by atoms with van der Waals surface area (Å²) >= 11 is 4.59. The van der Waals surface area contributed by atoms with E-state index in [-0.39, 0.29) is 0 Å². The van der Waals surface area contributed by atoms with Gasteiger partial charge in [0.05, 0.1) is 4.08 Å². The highest BCUT2D eigenvalue weighted by molar-refractivity contribution is 8.18. The van der Waals surface area contributed by atoms with Crippen LogP contribution in [0.1, 0.15) is 57.8 Å². The first-order valence-corrected chi connectivity index (χ1v) is 8.16. The molecule has 82 valence electrons. The van der Waals surface area contributed by atoms with Gasteiger partial charge in [-0.2, -0.15) is 0 Å². The summed E-state index contributed by atoms with van der Waals surface area (Å²) in [6, 6.07) is 0. The molecule has 0 bridgehead atoms. The van der Waals surface area contributed by atoms with E-state index in [1.54, 1.807) is 0 Å². The Morgan fingerprint density at radius 2 is 1.07 bits per heavy atom. The summed E-state index contributed by atoms with van der Waals surface area (Å²) in [5.41, 5.74) is 0. The first-order valence-electron chi connectivity index (χ1n) is 6.19.